The Kier molecular flexibility index (Phi) is 3.37. The minimum Gasteiger partial charge on any atom is -0.319 e. The van der Waals surface area contributed by atoms with E-state index in [4.69, 9.17) is 10.7 Å². The minimum absolute atomic E-state index is 0.219. The maximum absolute atomic E-state index is 6.59. The van der Waals surface area contributed by atoms with Gasteiger partial charge in [0.25, 0.3) is 0 Å². The zero-order valence-corrected chi connectivity index (χ0v) is 12.0. The zero-order valence-electron chi connectivity index (χ0n) is 11.2. The van der Waals surface area contributed by atoms with Crippen LogP contribution >= 0.6 is 11.3 Å². The van der Waals surface area contributed by atoms with Gasteiger partial charge in [0, 0.05) is 23.3 Å². The number of nitrogens with zero attached hydrogens (tertiary/aromatic N) is 2. The number of hydrogen-bond donors (Lipinski definition) is 1. The first kappa shape index (κ1) is 12.8. The number of nitrogens with two attached hydrogens (primary N) is 1. The topological polar surface area (TPSA) is 51.8 Å². The summed E-state index contributed by atoms with van der Waals surface area (Å²) in [5.41, 5.74) is 8.44. The maximum Gasteiger partial charge on any atom is 0.113 e. The van der Waals surface area contributed by atoms with Crippen LogP contribution in [0.1, 0.15) is 37.6 Å². The lowest BCUT2D eigenvalue weighted by atomic mass is 9.77. The molecule has 2 aromatic heterocycles. The zero-order chi connectivity index (χ0) is 13.3. The highest BCUT2D eigenvalue weighted by Gasteiger charge is 2.35. The van der Waals surface area contributed by atoms with Crippen molar-refractivity contribution in [1.29, 1.82) is 0 Å². The van der Waals surface area contributed by atoms with Crippen LogP contribution in [0.3, 0.4) is 0 Å². The van der Waals surface area contributed by atoms with Crippen molar-refractivity contribution >= 4 is 11.3 Å². The molecule has 19 heavy (non-hydrogen) atoms. The van der Waals surface area contributed by atoms with Gasteiger partial charge in [-0.1, -0.05) is 19.8 Å². The highest BCUT2D eigenvalue weighted by Crippen LogP contribution is 2.39. The predicted octanol–water partition coefficient (Wildman–Crippen LogP) is 3.57. The largest absolute Gasteiger partial charge is 0.319 e. The fourth-order valence-electron chi connectivity index (χ4n) is 2.94. The lowest BCUT2D eigenvalue weighted by Gasteiger charge is -2.35. The van der Waals surface area contributed by atoms with E-state index in [0.717, 1.165) is 29.1 Å². The molecule has 2 N–H and O–H groups in total. The van der Waals surface area contributed by atoms with Crippen LogP contribution in [0, 0.1) is 5.92 Å². The van der Waals surface area contributed by atoms with Gasteiger partial charge < -0.3 is 5.73 Å². The van der Waals surface area contributed by atoms with Crippen LogP contribution < -0.4 is 5.73 Å². The van der Waals surface area contributed by atoms with Crippen LogP contribution in [-0.4, -0.2) is 9.97 Å². The molecule has 1 aliphatic rings. The molecule has 2 unspecified atom stereocenters. The number of rotatable bonds is 2. The summed E-state index contributed by atoms with van der Waals surface area (Å²) in [7, 11) is 0. The van der Waals surface area contributed by atoms with Crippen LogP contribution in [0.4, 0.5) is 0 Å². The predicted molar refractivity (Wildman–Crippen MR) is 78.8 cm³/mol. The molecule has 0 aromatic carbocycles. The first-order chi connectivity index (χ1) is 9.17. The number of pyridine rings is 1. The van der Waals surface area contributed by atoms with Crippen molar-refractivity contribution in [1.82, 2.24) is 9.97 Å². The average Bonchev–Trinajstić information content (AvgIpc) is 2.90. The van der Waals surface area contributed by atoms with E-state index < -0.39 is 0 Å². The van der Waals surface area contributed by atoms with Crippen LogP contribution in [0.5, 0.6) is 0 Å². The molecule has 2 atom stereocenters. The molecule has 0 radical (unpaired) electrons. The number of hydrogen-bond acceptors (Lipinski definition) is 4. The Bertz CT molecular complexity index is 552. The van der Waals surface area contributed by atoms with E-state index >= 15 is 0 Å². The van der Waals surface area contributed by atoms with Crippen molar-refractivity contribution in [2.24, 2.45) is 11.7 Å². The minimum atomic E-state index is -0.219. The third-order valence-electron chi connectivity index (χ3n) is 3.92. The first-order valence-electron chi connectivity index (χ1n) is 6.83. The third-order valence-corrected chi connectivity index (χ3v) is 4.98. The van der Waals surface area contributed by atoms with Gasteiger partial charge in [0.05, 0.1) is 11.2 Å². The van der Waals surface area contributed by atoms with Crippen molar-refractivity contribution in [3.8, 4) is 11.3 Å². The summed E-state index contributed by atoms with van der Waals surface area (Å²) >= 11 is 1.69. The van der Waals surface area contributed by atoms with E-state index in [-0.39, 0.29) is 5.54 Å². The van der Waals surface area contributed by atoms with Gasteiger partial charge in [-0.2, -0.15) is 0 Å². The lowest BCUT2D eigenvalue weighted by Crippen LogP contribution is -2.40. The number of aromatic nitrogens is 2. The van der Waals surface area contributed by atoms with E-state index in [0.29, 0.717) is 5.92 Å². The molecule has 1 saturated carbocycles. The molecule has 0 amide bonds. The SMILES string of the molecule is CC1CCCC(N)(c2nc(-c3cccnc3)cs2)C1. The summed E-state index contributed by atoms with van der Waals surface area (Å²) in [5, 5.41) is 3.18. The molecule has 0 aliphatic heterocycles. The van der Waals surface area contributed by atoms with Gasteiger partial charge in [-0.05, 0) is 30.9 Å². The normalized spacial score (nSPS) is 27.4. The summed E-state index contributed by atoms with van der Waals surface area (Å²) in [6, 6.07) is 3.98. The first-order valence-corrected chi connectivity index (χ1v) is 7.71. The molecular weight excluding hydrogens is 254 g/mol. The second kappa shape index (κ2) is 5.02. The summed E-state index contributed by atoms with van der Waals surface area (Å²) in [5.74, 6) is 0.699. The van der Waals surface area contributed by atoms with Gasteiger partial charge in [0.1, 0.15) is 5.01 Å². The highest BCUT2D eigenvalue weighted by molar-refractivity contribution is 7.10. The molecule has 3 nitrogen and oxygen atoms in total. The summed E-state index contributed by atoms with van der Waals surface area (Å²) in [6.45, 7) is 2.29. The van der Waals surface area contributed by atoms with E-state index in [1.54, 1.807) is 17.5 Å². The fraction of sp³-hybridized carbons (Fsp3) is 0.467. The van der Waals surface area contributed by atoms with E-state index in [9.17, 15) is 0 Å². The Labute approximate surface area is 117 Å². The van der Waals surface area contributed by atoms with Crippen LogP contribution in [0.15, 0.2) is 29.9 Å². The van der Waals surface area contributed by atoms with E-state index in [1.165, 1.54) is 12.8 Å². The fourth-order valence-corrected chi connectivity index (χ4v) is 3.92. The second-order valence-electron chi connectivity index (χ2n) is 5.64. The molecule has 1 fully saturated rings. The summed E-state index contributed by atoms with van der Waals surface area (Å²) in [6.07, 6.45) is 8.24. The Morgan fingerprint density at radius 2 is 2.37 bits per heavy atom. The van der Waals surface area contributed by atoms with Gasteiger partial charge in [0.2, 0.25) is 0 Å². The van der Waals surface area contributed by atoms with Crippen molar-refractivity contribution < 1.29 is 0 Å². The van der Waals surface area contributed by atoms with E-state index in [1.807, 2.05) is 18.3 Å². The molecular formula is C15H19N3S. The van der Waals surface area contributed by atoms with Gasteiger partial charge in [-0.15, -0.1) is 11.3 Å². The van der Waals surface area contributed by atoms with E-state index in [2.05, 4.69) is 17.3 Å². The van der Waals surface area contributed by atoms with Gasteiger partial charge in [-0.25, -0.2) is 4.98 Å². The number of thiazole rings is 1. The molecule has 2 aromatic rings. The van der Waals surface area contributed by atoms with Gasteiger partial charge in [0.15, 0.2) is 0 Å². The molecule has 100 valence electrons. The smallest absolute Gasteiger partial charge is 0.113 e. The Hall–Kier alpha value is -1.26. The highest BCUT2D eigenvalue weighted by atomic mass is 32.1. The van der Waals surface area contributed by atoms with Gasteiger partial charge >= 0.3 is 0 Å². The summed E-state index contributed by atoms with van der Waals surface area (Å²) in [4.78, 5) is 8.91. The quantitative estimate of drug-likeness (QED) is 0.910. The molecule has 1 aliphatic carbocycles. The van der Waals surface area contributed by atoms with Crippen LogP contribution in [-0.2, 0) is 5.54 Å². The average molecular weight is 273 g/mol. The molecule has 0 saturated heterocycles. The standard InChI is InChI=1S/C15H19N3S/c1-11-4-2-6-15(16,8-11)14-18-13(10-19-14)12-5-3-7-17-9-12/h3,5,7,9-11H,2,4,6,8,16H2,1H3. The molecule has 0 bridgehead atoms. The monoisotopic (exact) mass is 273 g/mol. The Morgan fingerprint density at radius 1 is 1.47 bits per heavy atom. The lowest BCUT2D eigenvalue weighted by molar-refractivity contribution is 0.238. The molecule has 3 rings (SSSR count). The molecule has 4 heteroatoms. The van der Waals surface area contributed by atoms with Crippen molar-refractivity contribution in [3.63, 3.8) is 0 Å². The molecule has 0 spiro atoms. The summed E-state index contributed by atoms with van der Waals surface area (Å²) < 4.78 is 0. The Morgan fingerprint density at radius 3 is 3.11 bits per heavy atom. The maximum atomic E-state index is 6.59. The third kappa shape index (κ3) is 2.55. The second-order valence-corrected chi connectivity index (χ2v) is 6.50. The van der Waals surface area contributed by atoms with Gasteiger partial charge in [-0.3, -0.25) is 4.98 Å². The van der Waals surface area contributed by atoms with Crippen molar-refractivity contribution in [2.45, 2.75) is 38.1 Å². The van der Waals surface area contributed by atoms with Crippen molar-refractivity contribution in [3.05, 3.63) is 34.9 Å². The van der Waals surface area contributed by atoms with Crippen LogP contribution in [0.25, 0.3) is 11.3 Å². The molecule has 2 heterocycles. The van der Waals surface area contributed by atoms with Crippen LogP contribution in [0.2, 0.25) is 0 Å². The van der Waals surface area contributed by atoms with Crippen molar-refractivity contribution in [2.75, 3.05) is 0 Å². The Balaban J connectivity index is 1.89.